The van der Waals surface area contributed by atoms with Crippen LogP contribution >= 0.6 is 0 Å². The Labute approximate surface area is 176 Å². The zero-order valence-corrected chi connectivity index (χ0v) is 17.8. The van der Waals surface area contributed by atoms with Gasteiger partial charge in [0.2, 0.25) is 0 Å². The number of rotatable bonds is 16. The van der Waals surface area contributed by atoms with Crippen molar-refractivity contribution >= 4 is 0 Å². The number of hydrogen-bond acceptors (Lipinski definition) is 5. The first-order valence-corrected chi connectivity index (χ1v) is 9.91. The van der Waals surface area contributed by atoms with Crippen LogP contribution in [0.3, 0.4) is 0 Å². The second-order valence-electron chi connectivity index (χ2n) is 7.15. The molecular weight excluding hydrogens is 358 g/mol. The lowest BCUT2D eigenvalue weighted by Gasteiger charge is -2.22. The van der Waals surface area contributed by atoms with Gasteiger partial charge in [0.15, 0.2) is 0 Å². The smallest absolute Gasteiger partial charge is 0.0539 e. The summed E-state index contributed by atoms with van der Waals surface area (Å²) in [6, 6.07) is 10.6. The number of likely N-dealkylation sites (N-methyl/N-ethyl adjacent to an activating group) is 1. The van der Waals surface area contributed by atoms with E-state index in [1.54, 1.807) is 0 Å². The third kappa shape index (κ3) is 10.3. The van der Waals surface area contributed by atoms with Gasteiger partial charge >= 0.3 is 0 Å². The lowest BCUT2D eigenvalue weighted by molar-refractivity contribution is 0.550. The molecule has 1 aromatic carbocycles. The Morgan fingerprint density at radius 3 is 2.28 bits per heavy atom. The van der Waals surface area contributed by atoms with E-state index in [0.29, 0.717) is 18.8 Å². The Morgan fingerprint density at radius 1 is 1.03 bits per heavy atom. The first-order chi connectivity index (χ1) is 13.8. The van der Waals surface area contributed by atoms with Gasteiger partial charge in [-0.3, -0.25) is 0 Å². The van der Waals surface area contributed by atoms with Gasteiger partial charge in [0.05, 0.1) is 13.1 Å². The monoisotopic (exact) mass is 395 g/mol. The molecule has 0 aromatic heterocycles. The van der Waals surface area contributed by atoms with Crippen molar-refractivity contribution in [3.63, 3.8) is 0 Å². The minimum absolute atomic E-state index is 0.131. The average Bonchev–Trinajstić information content (AvgIpc) is 2.71. The second-order valence-corrected chi connectivity index (χ2v) is 7.15. The fourth-order valence-electron chi connectivity index (χ4n) is 2.83. The number of nitrogens with two attached hydrogens (primary N) is 1. The van der Waals surface area contributed by atoms with E-state index in [9.17, 15) is 0 Å². The van der Waals surface area contributed by atoms with Crippen LogP contribution in [0.4, 0.5) is 0 Å². The van der Waals surface area contributed by atoms with Gasteiger partial charge in [-0.1, -0.05) is 62.7 Å². The molecule has 0 aliphatic rings. The Kier molecular flexibility index (Phi) is 11.1. The van der Waals surface area contributed by atoms with Crippen molar-refractivity contribution in [1.29, 1.82) is 0 Å². The molecule has 0 aliphatic heterocycles. The molecule has 1 unspecified atom stereocenters. The summed E-state index contributed by atoms with van der Waals surface area (Å²) in [5, 5.41) is 13.2. The van der Waals surface area contributed by atoms with Gasteiger partial charge in [0.25, 0.3) is 0 Å². The Bertz CT molecular complexity index is 692. The van der Waals surface area contributed by atoms with Gasteiger partial charge in [-0.05, 0) is 31.9 Å². The van der Waals surface area contributed by atoms with Crippen LogP contribution < -0.4 is 27.0 Å². The third-order valence-electron chi connectivity index (χ3n) is 4.58. The molecule has 1 rings (SSSR count). The summed E-state index contributed by atoms with van der Waals surface area (Å²) in [5.74, 6) is 0. The molecular formula is C24H37N5. The summed E-state index contributed by atoms with van der Waals surface area (Å²) in [6.07, 6.45) is 4.38. The lowest BCUT2D eigenvalue weighted by atomic mass is 10.1. The van der Waals surface area contributed by atoms with Crippen LogP contribution in [0.1, 0.15) is 18.4 Å². The van der Waals surface area contributed by atoms with E-state index >= 15 is 0 Å². The first kappa shape index (κ1) is 24.1. The summed E-state index contributed by atoms with van der Waals surface area (Å²) >= 11 is 0. The molecule has 0 saturated heterocycles. The Hall–Kier alpha value is -2.92. The first-order valence-electron chi connectivity index (χ1n) is 9.91. The summed E-state index contributed by atoms with van der Waals surface area (Å²) in [5.41, 5.74) is 10.3. The minimum atomic E-state index is 0.131. The highest BCUT2D eigenvalue weighted by Gasteiger charge is 2.11. The van der Waals surface area contributed by atoms with Crippen LogP contribution in [-0.4, -0.2) is 32.2 Å². The number of benzene rings is 1. The third-order valence-corrected chi connectivity index (χ3v) is 4.58. The number of nitrogens with one attached hydrogen (secondary N) is 4. The molecule has 0 amide bonds. The van der Waals surface area contributed by atoms with Crippen molar-refractivity contribution in [2.45, 2.75) is 31.3 Å². The normalized spacial score (nSPS) is 12.3. The lowest BCUT2D eigenvalue weighted by Crippen LogP contribution is -2.37. The van der Waals surface area contributed by atoms with E-state index in [2.05, 4.69) is 66.3 Å². The topological polar surface area (TPSA) is 74.1 Å². The molecule has 0 spiro atoms. The Morgan fingerprint density at radius 2 is 1.69 bits per heavy atom. The molecule has 5 heteroatoms. The molecule has 29 heavy (non-hydrogen) atoms. The summed E-state index contributed by atoms with van der Waals surface area (Å²) < 4.78 is 0. The quantitative estimate of drug-likeness (QED) is 0.278. The summed E-state index contributed by atoms with van der Waals surface area (Å²) in [4.78, 5) is 0. The van der Waals surface area contributed by atoms with Crippen LogP contribution in [-0.2, 0) is 6.42 Å². The van der Waals surface area contributed by atoms with Crippen LogP contribution in [0.2, 0.25) is 0 Å². The van der Waals surface area contributed by atoms with Crippen molar-refractivity contribution in [2.24, 2.45) is 5.73 Å². The molecule has 158 valence electrons. The van der Waals surface area contributed by atoms with Gasteiger partial charge in [0.1, 0.15) is 0 Å². The maximum Gasteiger partial charge on any atom is 0.0539 e. The predicted molar refractivity (Wildman–Crippen MR) is 126 cm³/mol. The largest absolute Gasteiger partial charge is 0.403 e. The van der Waals surface area contributed by atoms with Gasteiger partial charge in [-0.15, -0.1) is 6.58 Å². The predicted octanol–water partition coefficient (Wildman–Crippen LogP) is 2.93. The highest BCUT2D eigenvalue weighted by Crippen LogP contribution is 2.07. The molecule has 0 heterocycles. The fraction of sp³-hybridized carbons (Fsp3) is 0.333. The van der Waals surface area contributed by atoms with E-state index < -0.39 is 0 Å². The summed E-state index contributed by atoms with van der Waals surface area (Å²) in [7, 11) is 1.91. The maximum absolute atomic E-state index is 5.66. The molecule has 0 saturated carbocycles. The fourth-order valence-corrected chi connectivity index (χ4v) is 2.83. The molecule has 0 aliphatic carbocycles. The standard InChI is InChI=1S/C24H37N5/c1-7-23(15-22-11-9-8-10-12-22)29-20(4)17-27-19(3)16-28-21(5)24(26-6)14-13-18(2)25/h7-12,23-24,26-29H,1-5,13-17,25H2,6H3/t23?,24-/m0/s1. The molecule has 1 aromatic rings. The van der Waals surface area contributed by atoms with Gasteiger partial charge < -0.3 is 27.0 Å². The molecule has 2 atom stereocenters. The van der Waals surface area contributed by atoms with Gasteiger partial charge in [-0.2, -0.15) is 0 Å². The molecule has 0 bridgehead atoms. The number of allylic oxidation sites excluding steroid dienone is 1. The molecule has 0 fully saturated rings. The zero-order valence-electron chi connectivity index (χ0n) is 17.8. The van der Waals surface area contributed by atoms with Crippen molar-refractivity contribution in [2.75, 3.05) is 20.1 Å². The molecule has 6 N–H and O–H groups in total. The Balaban J connectivity index is 2.33. The number of hydrogen-bond donors (Lipinski definition) is 5. The highest BCUT2D eigenvalue weighted by molar-refractivity contribution is 5.18. The van der Waals surface area contributed by atoms with Crippen LogP contribution in [0.25, 0.3) is 0 Å². The van der Waals surface area contributed by atoms with Crippen LogP contribution in [0.5, 0.6) is 0 Å². The second kappa shape index (κ2) is 13.3. The average molecular weight is 396 g/mol. The maximum atomic E-state index is 5.66. The van der Waals surface area contributed by atoms with E-state index in [1.807, 2.05) is 31.3 Å². The van der Waals surface area contributed by atoms with Gasteiger partial charge in [-0.25, -0.2) is 0 Å². The van der Waals surface area contributed by atoms with E-state index in [1.165, 1.54) is 5.56 Å². The SMILES string of the molecule is C=CC(Cc1ccccc1)NC(=C)CNC(=C)CNC(=C)[C@H](CCC(=C)N)NC. The summed E-state index contributed by atoms with van der Waals surface area (Å²) in [6.45, 7) is 21.1. The van der Waals surface area contributed by atoms with Crippen molar-refractivity contribution in [1.82, 2.24) is 21.3 Å². The van der Waals surface area contributed by atoms with Crippen LogP contribution in [0, 0.1) is 0 Å². The molecule has 0 radical (unpaired) electrons. The van der Waals surface area contributed by atoms with Crippen molar-refractivity contribution < 1.29 is 0 Å². The van der Waals surface area contributed by atoms with Crippen molar-refractivity contribution in [3.8, 4) is 0 Å². The van der Waals surface area contributed by atoms with E-state index in [4.69, 9.17) is 5.73 Å². The van der Waals surface area contributed by atoms with Gasteiger partial charge in [0, 0.05) is 34.9 Å². The zero-order chi connectivity index (χ0) is 21.6. The van der Waals surface area contributed by atoms with E-state index in [-0.39, 0.29) is 12.1 Å². The minimum Gasteiger partial charge on any atom is -0.403 e. The molecule has 5 nitrogen and oxygen atoms in total. The van der Waals surface area contributed by atoms with Crippen molar-refractivity contribution in [3.05, 3.63) is 97.7 Å². The highest BCUT2D eigenvalue weighted by atomic mass is 15.0. The van der Waals surface area contributed by atoms with E-state index in [0.717, 1.165) is 36.4 Å². The van der Waals surface area contributed by atoms with Crippen LogP contribution in [0.15, 0.2) is 92.1 Å².